The monoisotopic (exact) mass is 279 g/mol. The minimum Gasteiger partial charge on any atom is -0.375 e. The lowest BCUT2D eigenvalue weighted by Gasteiger charge is -2.32. The summed E-state index contributed by atoms with van der Waals surface area (Å²) in [5.74, 6) is 0.0518. The van der Waals surface area contributed by atoms with Crippen LogP contribution in [0, 0.1) is 12.3 Å². The molecule has 1 aliphatic rings. The molecule has 0 bridgehead atoms. The van der Waals surface area contributed by atoms with Gasteiger partial charge in [0.25, 0.3) is 5.91 Å². The Morgan fingerprint density at radius 3 is 2.58 bits per heavy atom. The van der Waals surface area contributed by atoms with Gasteiger partial charge in [0.15, 0.2) is 5.13 Å². The fourth-order valence-corrected chi connectivity index (χ4v) is 3.10. The van der Waals surface area contributed by atoms with E-state index in [-0.39, 0.29) is 11.3 Å². The molecule has 0 aromatic carbocycles. The first-order chi connectivity index (χ1) is 8.79. The van der Waals surface area contributed by atoms with Crippen LogP contribution in [-0.2, 0) is 0 Å². The van der Waals surface area contributed by atoms with Crippen LogP contribution in [0.1, 0.15) is 42.6 Å². The van der Waals surface area contributed by atoms with Gasteiger partial charge in [-0.1, -0.05) is 43.8 Å². The molecule has 19 heavy (non-hydrogen) atoms. The Morgan fingerprint density at radius 2 is 2.16 bits per heavy atom. The molecule has 5 heteroatoms. The van der Waals surface area contributed by atoms with Crippen molar-refractivity contribution >= 4 is 22.4 Å². The van der Waals surface area contributed by atoms with Crippen molar-refractivity contribution in [3.8, 4) is 0 Å². The lowest BCUT2D eigenvalue weighted by molar-refractivity contribution is 0.0769. The average Bonchev–Trinajstić information content (AvgIpc) is 2.66. The second-order valence-electron chi connectivity index (χ2n) is 5.95. The van der Waals surface area contributed by atoms with Gasteiger partial charge in [-0.2, -0.15) is 0 Å². The molecule has 0 unspecified atom stereocenters. The predicted molar refractivity (Wildman–Crippen MR) is 79.3 cm³/mol. The molecular formula is C14H21N3OS. The standard InChI is InChI=1S/C14H21N3OS/c1-9-11(19-13(15)16-9)12(18)17-7-5-10(6-8-17)14(2,3)4/h5H,6-8H2,1-4H3,(H2,15,16). The molecule has 1 aromatic heterocycles. The van der Waals surface area contributed by atoms with Crippen LogP contribution in [0.4, 0.5) is 5.13 Å². The van der Waals surface area contributed by atoms with E-state index in [2.05, 4.69) is 31.8 Å². The van der Waals surface area contributed by atoms with E-state index < -0.39 is 0 Å². The first-order valence-electron chi connectivity index (χ1n) is 6.50. The van der Waals surface area contributed by atoms with Crippen molar-refractivity contribution in [2.45, 2.75) is 34.1 Å². The average molecular weight is 279 g/mol. The van der Waals surface area contributed by atoms with E-state index in [1.54, 1.807) is 0 Å². The van der Waals surface area contributed by atoms with Crippen LogP contribution in [0.5, 0.6) is 0 Å². The summed E-state index contributed by atoms with van der Waals surface area (Å²) in [6.07, 6.45) is 3.13. The Balaban J connectivity index is 2.12. The van der Waals surface area contributed by atoms with Gasteiger partial charge in [-0.05, 0) is 18.8 Å². The Labute approximate surface area is 118 Å². The van der Waals surface area contributed by atoms with Crippen LogP contribution in [0.2, 0.25) is 0 Å². The number of nitrogen functional groups attached to an aromatic ring is 1. The molecule has 0 aliphatic carbocycles. The van der Waals surface area contributed by atoms with Gasteiger partial charge in [0, 0.05) is 13.1 Å². The molecule has 0 spiro atoms. The number of anilines is 1. The number of rotatable bonds is 1. The molecule has 4 nitrogen and oxygen atoms in total. The summed E-state index contributed by atoms with van der Waals surface area (Å²) in [5.41, 5.74) is 8.01. The van der Waals surface area contributed by atoms with Crippen LogP contribution >= 0.6 is 11.3 Å². The fourth-order valence-electron chi connectivity index (χ4n) is 2.29. The van der Waals surface area contributed by atoms with Gasteiger partial charge in [0.05, 0.1) is 5.69 Å². The summed E-state index contributed by atoms with van der Waals surface area (Å²) in [6, 6.07) is 0. The molecule has 2 rings (SSSR count). The Morgan fingerprint density at radius 1 is 1.47 bits per heavy atom. The molecule has 2 heterocycles. The number of aromatic nitrogens is 1. The highest BCUT2D eigenvalue weighted by Gasteiger charge is 2.26. The molecule has 0 fully saturated rings. The Bertz CT molecular complexity index is 525. The molecular weight excluding hydrogens is 258 g/mol. The summed E-state index contributed by atoms with van der Waals surface area (Å²) < 4.78 is 0. The molecule has 1 aromatic rings. The van der Waals surface area contributed by atoms with E-state index in [4.69, 9.17) is 5.73 Å². The van der Waals surface area contributed by atoms with E-state index in [1.807, 2.05) is 11.8 Å². The van der Waals surface area contributed by atoms with Crippen molar-refractivity contribution in [2.75, 3.05) is 18.8 Å². The number of carbonyl (C=O) groups is 1. The second kappa shape index (κ2) is 4.96. The first-order valence-corrected chi connectivity index (χ1v) is 7.32. The number of thiazole rings is 1. The van der Waals surface area contributed by atoms with Crippen molar-refractivity contribution in [2.24, 2.45) is 5.41 Å². The highest BCUT2D eigenvalue weighted by molar-refractivity contribution is 7.17. The van der Waals surface area contributed by atoms with Gasteiger partial charge in [-0.15, -0.1) is 0 Å². The third-order valence-corrected chi connectivity index (χ3v) is 4.44. The zero-order valence-corrected chi connectivity index (χ0v) is 12.8. The maximum absolute atomic E-state index is 12.4. The molecule has 1 aliphatic heterocycles. The van der Waals surface area contributed by atoms with Crippen molar-refractivity contribution < 1.29 is 4.79 Å². The number of amides is 1. The Hall–Kier alpha value is -1.36. The molecule has 0 atom stereocenters. The Kier molecular flexibility index (Phi) is 3.67. The topological polar surface area (TPSA) is 59.2 Å². The van der Waals surface area contributed by atoms with Gasteiger partial charge >= 0.3 is 0 Å². The van der Waals surface area contributed by atoms with Crippen LogP contribution < -0.4 is 5.73 Å². The van der Waals surface area contributed by atoms with Gasteiger partial charge in [0.2, 0.25) is 0 Å². The van der Waals surface area contributed by atoms with Crippen LogP contribution in [0.3, 0.4) is 0 Å². The molecule has 104 valence electrons. The first kappa shape index (κ1) is 14.1. The van der Waals surface area contributed by atoms with Crippen molar-refractivity contribution in [1.82, 2.24) is 9.88 Å². The molecule has 0 radical (unpaired) electrons. The fraction of sp³-hybridized carbons (Fsp3) is 0.571. The normalized spacial score (nSPS) is 16.4. The lowest BCUT2D eigenvalue weighted by atomic mass is 9.83. The summed E-state index contributed by atoms with van der Waals surface area (Å²) in [5, 5.41) is 0.462. The van der Waals surface area contributed by atoms with Crippen molar-refractivity contribution in [1.29, 1.82) is 0 Å². The van der Waals surface area contributed by atoms with Crippen LogP contribution in [-0.4, -0.2) is 28.9 Å². The maximum atomic E-state index is 12.4. The maximum Gasteiger partial charge on any atom is 0.266 e. The third kappa shape index (κ3) is 2.97. The summed E-state index contributed by atoms with van der Waals surface area (Å²) in [4.78, 5) is 19.1. The zero-order chi connectivity index (χ0) is 14.2. The van der Waals surface area contributed by atoms with Crippen molar-refractivity contribution in [3.05, 3.63) is 22.2 Å². The van der Waals surface area contributed by atoms with Gasteiger partial charge in [0.1, 0.15) is 4.88 Å². The largest absolute Gasteiger partial charge is 0.375 e. The zero-order valence-electron chi connectivity index (χ0n) is 12.0. The third-order valence-electron chi connectivity index (χ3n) is 3.47. The van der Waals surface area contributed by atoms with E-state index in [0.29, 0.717) is 16.6 Å². The molecule has 0 saturated heterocycles. The van der Waals surface area contributed by atoms with E-state index in [0.717, 1.165) is 18.7 Å². The van der Waals surface area contributed by atoms with Crippen LogP contribution in [0.15, 0.2) is 11.6 Å². The smallest absolute Gasteiger partial charge is 0.266 e. The molecule has 0 saturated carbocycles. The SMILES string of the molecule is Cc1nc(N)sc1C(=O)N1CC=C(C(C)(C)C)CC1. The van der Waals surface area contributed by atoms with E-state index >= 15 is 0 Å². The predicted octanol–water partition coefficient (Wildman–Crippen LogP) is 2.85. The van der Waals surface area contributed by atoms with Crippen LogP contribution in [0.25, 0.3) is 0 Å². The van der Waals surface area contributed by atoms with Gasteiger partial charge in [-0.25, -0.2) is 4.98 Å². The highest BCUT2D eigenvalue weighted by atomic mass is 32.1. The lowest BCUT2D eigenvalue weighted by Crippen LogP contribution is -2.36. The number of nitrogens with two attached hydrogens (primary N) is 1. The highest BCUT2D eigenvalue weighted by Crippen LogP contribution is 2.31. The summed E-state index contributed by atoms with van der Waals surface area (Å²) >= 11 is 1.28. The van der Waals surface area contributed by atoms with Crippen molar-refractivity contribution in [3.63, 3.8) is 0 Å². The molecule has 2 N–H and O–H groups in total. The number of carbonyl (C=O) groups excluding carboxylic acids is 1. The number of aryl methyl sites for hydroxylation is 1. The quantitative estimate of drug-likeness (QED) is 0.804. The number of nitrogens with zero attached hydrogens (tertiary/aromatic N) is 2. The number of hydrogen-bond donors (Lipinski definition) is 1. The minimum atomic E-state index is 0.0518. The number of hydrogen-bond acceptors (Lipinski definition) is 4. The summed E-state index contributed by atoms with van der Waals surface area (Å²) in [6.45, 7) is 9.93. The minimum absolute atomic E-state index is 0.0518. The van der Waals surface area contributed by atoms with Gasteiger partial charge in [-0.3, -0.25) is 4.79 Å². The van der Waals surface area contributed by atoms with Gasteiger partial charge < -0.3 is 10.6 Å². The summed E-state index contributed by atoms with van der Waals surface area (Å²) in [7, 11) is 0. The van der Waals surface area contributed by atoms with E-state index in [1.165, 1.54) is 16.9 Å². The van der Waals surface area contributed by atoms with E-state index in [9.17, 15) is 4.79 Å². The second-order valence-corrected chi connectivity index (χ2v) is 6.98. The molecule has 1 amide bonds.